The molecule has 0 aliphatic carbocycles. The second-order valence-electron chi connectivity index (χ2n) is 5.91. The van der Waals surface area contributed by atoms with Gasteiger partial charge in [0.25, 0.3) is 0 Å². The van der Waals surface area contributed by atoms with E-state index in [1.165, 1.54) is 12.1 Å². The van der Waals surface area contributed by atoms with Crippen LogP contribution in [0.1, 0.15) is 5.56 Å². The Kier molecular flexibility index (Phi) is 4.19. The van der Waals surface area contributed by atoms with Crippen molar-refractivity contribution in [1.82, 2.24) is 9.97 Å². The summed E-state index contributed by atoms with van der Waals surface area (Å²) < 4.78 is 13.1. The van der Waals surface area contributed by atoms with Crippen LogP contribution in [0, 0.1) is 5.82 Å². The Morgan fingerprint density at radius 3 is 2.38 bits per heavy atom. The van der Waals surface area contributed by atoms with Crippen LogP contribution in [-0.2, 0) is 6.54 Å². The van der Waals surface area contributed by atoms with Gasteiger partial charge in [-0.05, 0) is 42.0 Å². The molecule has 0 amide bonds. The number of fused-ring (bicyclic) bond motifs is 1. The number of hydrogen-bond donors (Lipinski definition) is 2. The Labute approximate surface area is 150 Å². The van der Waals surface area contributed by atoms with Crippen molar-refractivity contribution in [1.29, 1.82) is 0 Å². The summed E-state index contributed by atoms with van der Waals surface area (Å²) in [5, 5.41) is 14.3. The fourth-order valence-corrected chi connectivity index (χ4v) is 2.78. The van der Waals surface area contributed by atoms with Crippen LogP contribution < -0.4 is 5.32 Å². The van der Waals surface area contributed by atoms with Gasteiger partial charge in [0, 0.05) is 11.9 Å². The highest BCUT2D eigenvalue weighted by molar-refractivity contribution is 5.90. The number of nitrogens with one attached hydrogen (secondary N) is 1. The summed E-state index contributed by atoms with van der Waals surface area (Å²) in [5.41, 5.74) is 2.30. The first-order chi connectivity index (χ1) is 12.7. The third kappa shape index (κ3) is 3.19. The Morgan fingerprint density at radius 2 is 1.58 bits per heavy atom. The summed E-state index contributed by atoms with van der Waals surface area (Å²) in [5.74, 6) is 0.983. The largest absolute Gasteiger partial charge is 0.507 e. The Bertz CT molecular complexity index is 1060. The maximum Gasteiger partial charge on any atom is 0.165 e. The van der Waals surface area contributed by atoms with Crippen molar-refractivity contribution in [3.8, 4) is 17.1 Å². The second kappa shape index (κ2) is 6.80. The minimum Gasteiger partial charge on any atom is -0.507 e. The molecule has 0 bridgehead atoms. The van der Waals surface area contributed by atoms with E-state index in [0.29, 0.717) is 23.8 Å². The van der Waals surface area contributed by atoms with Crippen molar-refractivity contribution in [2.24, 2.45) is 0 Å². The van der Waals surface area contributed by atoms with Gasteiger partial charge >= 0.3 is 0 Å². The molecular weight excluding hydrogens is 329 g/mol. The second-order valence-corrected chi connectivity index (χ2v) is 5.91. The molecule has 4 rings (SSSR count). The van der Waals surface area contributed by atoms with Crippen molar-refractivity contribution in [3.63, 3.8) is 0 Å². The molecule has 0 saturated carbocycles. The van der Waals surface area contributed by atoms with E-state index in [4.69, 9.17) is 0 Å². The molecule has 0 saturated heterocycles. The molecule has 4 aromatic rings. The molecule has 0 aliphatic rings. The Morgan fingerprint density at radius 1 is 0.846 bits per heavy atom. The van der Waals surface area contributed by atoms with Crippen LogP contribution in [0.2, 0.25) is 0 Å². The van der Waals surface area contributed by atoms with E-state index in [1.807, 2.05) is 30.3 Å². The van der Waals surface area contributed by atoms with Gasteiger partial charge in [0.05, 0.1) is 11.1 Å². The zero-order chi connectivity index (χ0) is 17.9. The number of para-hydroxylation sites is 2. The number of rotatable bonds is 4. The lowest BCUT2D eigenvalue weighted by Crippen LogP contribution is -2.04. The number of phenols is 1. The van der Waals surface area contributed by atoms with Crippen LogP contribution in [0.4, 0.5) is 10.2 Å². The number of hydrogen-bond acceptors (Lipinski definition) is 4. The van der Waals surface area contributed by atoms with Gasteiger partial charge in [-0.15, -0.1) is 0 Å². The SMILES string of the molecule is Oc1ccccc1-c1nc(NCc2ccc(F)cc2)c2ccccc2n1. The van der Waals surface area contributed by atoms with E-state index in [9.17, 15) is 9.50 Å². The van der Waals surface area contributed by atoms with Crippen molar-refractivity contribution < 1.29 is 9.50 Å². The van der Waals surface area contributed by atoms with Gasteiger partial charge in [0.15, 0.2) is 5.82 Å². The van der Waals surface area contributed by atoms with Crippen LogP contribution in [-0.4, -0.2) is 15.1 Å². The van der Waals surface area contributed by atoms with Crippen LogP contribution in [0.5, 0.6) is 5.75 Å². The predicted octanol–water partition coefficient (Wildman–Crippen LogP) is 4.75. The predicted molar refractivity (Wildman–Crippen MR) is 100 cm³/mol. The molecule has 0 radical (unpaired) electrons. The van der Waals surface area contributed by atoms with Crippen molar-refractivity contribution in [2.75, 3.05) is 5.32 Å². The smallest absolute Gasteiger partial charge is 0.165 e. The number of halogens is 1. The number of nitrogens with zero attached hydrogens (tertiary/aromatic N) is 2. The molecule has 0 aliphatic heterocycles. The minimum absolute atomic E-state index is 0.132. The van der Waals surface area contributed by atoms with Crippen molar-refractivity contribution in [2.45, 2.75) is 6.54 Å². The summed E-state index contributed by atoms with van der Waals surface area (Å²) in [6.45, 7) is 0.501. The van der Waals surface area contributed by atoms with Gasteiger partial charge in [0.2, 0.25) is 0 Å². The van der Waals surface area contributed by atoms with Gasteiger partial charge in [-0.25, -0.2) is 14.4 Å². The fourth-order valence-electron chi connectivity index (χ4n) is 2.78. The highest BCUT2D eigenvalue weighted by Gasteiger charge is 2.11. The van der Waals surface area contributed by atoms with Crippen LogP contribution >= 0.6 is 0 Å². The lowest BCUT2D eigenvalue weighted by atomic mass is 10.1. The van der Waals surface area contributed by atoms with E-state index in [2.05, 4.69) is 15.3 Å². The molecule has 0 atom stereocenters. The lowest BCUT2D eigenvalue weighted by molar-refractivity contribution is 0.477. The maximum atomic E-state index is 13.1. The molecule has 26 heavy (non-hydrogen) atoms. The monoisotopic (exact) mass is 345 g/mol. The van der Waals surface area contributed by atoms with Gasteiger partial charge in [-0.3, -0.25) is 0 Å². The zero-order valence-corrected chi connectivity index (χ0v) is 13.9. The first-order valence-corrected chi connectivity index (χ1v) is 8.24. The van der Waals surface area contributed by atoms with Crippen LogP contribution in [0.25, 0.3) is 22.3 Å². The van der Waals surface area contributed by atoms with Gasteiger partial charge in [-0.1, -0.05) is 36.4 Å². The number of phenolic OH excluding ortho intramolecular Hbond substituents is 1. The molecule has 4 nitrogen and oxygen atoms in total. The molecule has 0 spiro atoms. The van der Waals surface area contributed by atoms with Crippen molar-refractivity contribution in [3.05, 3.63) is 84.2 Å². The summed E-state index contributed by atoms with van der Waals surface area (Å²) in [7, 11) is 0. The fraction of sp³-hybridized carbons (Fsp3) is 0.0476. The molecule has 128 valence electrons. The lowest BCUT2D eigenvalue weighted by Gasteiger charge is -2.12. The van der Waals surface area contributed by atoms with E-state index >= 15 is 0 Å². The quantitative estimate of drug-likeness (QED) is 0.560. The topological polar surface area (TPSA) is 58.0 Å². The van der Waals surface area contributed by atoms with Gasteiger partial charge in [0.1, 0.15) is 17.4 Å². The van der Waals surface area contributed by atoms with Crippen LogP contribution in [0.15, 0.2) is 72.8 Å². The molecule has 5 heteroatoms. The molecule has 1 aromatic heterocycles. The minimum atomic E-state index is -0.261. The third-order valence-electron chi connectivity index (χ3n) is 4.12. The molecular formula is C21H16FN3O. The number of aromatic nitrogens is 2. The zero-order valence-electron chi connectivity index (χ0n) is 13.9. The van der Waals surface area contributed by atoms with E-state index in [1.54, 1.807) is 30.3 Å². The van der Waals surface area contributed by atoms with E-state index in [0.717, 1.165) is 16.5 Å². The molecule has 2 N–H and O–H groups in total. The summed E-state index contributed by atoms with van der Waals surface area (Å²) in [4.78, 5) is 9.18. The number of benzene rings is 3. The Balaban J connectivity index is 1.75. The molecule has 3 aromatic carbocycles. The molecule has 0 unspecified atom stereocenters. The third-order valence-corrected chi connectivity index (χ3v) is 4.12. The summed E-state index contributed by atoms with van der Waals surface area (Å²) in [6.07, 6.45) is 0. The Hall–Kier alpha value is -3.47. The highest BCUT2D eigenvalue weighted by Crippen LogP contribution is 2.30. The number of anilines is 1. The summed E-state index contributed by atoms with van der Waals surface area (Å²) in [6, 6.07) is 21.0. The molecule has 0 fully saturated rings. The standard InChI is InChI=1S/C21H16FN3O/c22-15-11-9-14(10-12-15)13-23-20-16-5-1-3-7-18(16)24-21(25-20)17-6-2-4-8-19(17)26/h1-12,26H,13H2,(H,23,24,25). The van der Waals surface area contributed by atoms with E-state index < -0.39 is 0 Å². The number of aromatic hydroxyl groups is 1. The maximum absolute atomic E-state index is 13.1. The van der Waals surface area contributed by atoms with E-state index in [-0.39, 0.29) is 11.6 Å². The summed E-state index contributed by atoms with van der Waals surface area (Å²) >= 11 is 0. The first-order valence-electron chi connectivity index (χ1n) is 8.24. The first kappa shape index (κ1) is 16.0. The molecule has 1 heterocycles. The average Bonchev–Trinajstić information content (AvgIpc) is 2.67. The van der Waals surface area contributed by atoms with Gasteiger partial charge < -0.3 is 10.4 Å². The van der Waals surface area contributed by atoms with Crippen LogP contribution in [0.3, 0.4) is 0 Å². The van der Waals surface area contributed by atoms with Crippen molar-refractivity contribution >= 4 is 16.7 Å². The highest BCUT2D eigenvalue weighted by atomic mass is 19.1. The van der Waals surface area contributed by atoms with Gasteiger partial charge in [-0.2, -0.15) is 0 Å². The average molecular weight is 345 g/mol. The normalized spacial score (nSPS) is 10.8.